The van der Waals surface area contributed by atoms with Crippen LogP contribution in [0.5, 0.6) is 0 Å². The molecule has 0 aliphatic rings. The molecule has 0 aliphatic heterocycles. The molecule has 0 unspecified atom stereocenters. The Morgan fingerprint density at radius 2 is 0.806 bits per heavy atom. The fraction of sp³-hybridized carbons (Fsp3) is 0. The SMILES string of the molecule is c1ccc(-c2ccc(N(c3ccc(-c4cccc5ccccc45)c4ccccc34)c3ccc(-c4cccc5cccc(-c6ccccc6)c45)c4oc5ccccc5c34)cc2)cc1. The molecule has 0 atom stereocenters. The Morgan fingerprint density at radius 1 is 0.274 bits per heavy atom. The van der Waals surface area contributed by atoms with Gasteiger partial charge in [-0.1, -0.05) is 200 Å². The van der Waals surface area contributed by atoms with Gasteiger partial charge in [-0.05, 0) is 102 Å². The highest BCUT2D eigenvalue weighted by molar-refractivity contribution is 6.21. The van der Waals surface area contributed by atoms with Gasteiger partial charge in [-0.3, -0.25) is 0 Å². The third-order valence-corrected chi connectivity index (χ3v) is 12.5. The van der Waals surface area contributed by atoms with Crippen molar-refractivity contribution in [1.82, 2.24) is 0 Å². The number of fused-ring (bicyclic) bond motifs is 6. The number of furan rings is 1. The van der Waals surface area contributed by atoms with E-state index < -0.39 is 0 Å². The van der Waals surface area contributed by atoms with Crippen molar-refractivity contribution in [2.75, 3.05) is 4.90 Å². The van der Waals surface area contributed by atoms with Gasteiger partial charge in [0.25, 0.3) is 0 Å². The second kappa shape index (κ2) is 14.8. The van der Waals surface area contributed by atoms with Crippen molar-refractivity contribution in [1.29, 1.82) is 0 Å². The normalized spacial score (nSPS) is 11.5. The number of nitrogens with zero attached hydrogens (tertiary/aromatic N) is 1. The largest absolute Gasteiger partial charge is 0.455 e. The summed E-state index contributed by atoms with van der Waals surface area (Å²) in [5.41, 5.74) is 14.3. The fourth-order valence-electron chi connectivity index (χ4n) is 9.65. The molecule has 0 amide bonds. The van der Waals surface area contributed by atoms with Crippen LogP contribution in [0.3, 0.4) is 0 Å². The van der Waals surface area contributed by atoms with Gasteiger partial charge in [-0.25, -0.2) is 0 Å². The molecule has 0 radical (unpaired) electrons. The van der Waals surface area contributed by atoms with Crippen LogP contribution in [0.15, 0.2) is 241 Å². The molecule has 290 valence electrons. The Kier molecular flexibility index (Phi) is 8.53. The van der Waals surface area contributed by atoms with E-state index in [-0.39, 0.29) is 0 Å². The molecule has 0 N–H and O–H groups in total. The van der Waals surface area contributed by atoms with Gasteiger partial charge in [0, 0.05) is 22.0 Å². The number of para-hydroxylation sites is 1. The van der Waals surface area contributed by atoms with Gasteiger partial charge in [0.05, 0.1) is 16.8 Å². The smallest absolute Gasteiger partial charge is 0.145 e. The van der Waals surface area contributed by atoms with Crippen LogP contribution in [0.1, 0.15) is 0 Å². The van der Waals surface area contributed by atoms with Crippen LogP contribution >= 0.6 is 0 Å². The molecule has 12 aromatic rings. The number of hydrogen-bond donors (Lipinski definition) is 0. The quantitative estimate of drug-likeness (QED) is 0.160. The predicted molar refractivity (Wildman–Crippen MR) is 263 cm³/mol. The first kappa shape index (κ1) is 35.7. The lowest BCUT2D eigenvalue weighted by Crippen LogP contribution is -2.11. The highest BCUT2D eigenvalue weighted by Crippen LogP contribution is 2.50. The summed E-state index contributed by atoms with van der Waals surface area (Å²) in [6.45, 7) is 0. The molecule has 0 fully saturated rings. The van der Waals surface area contributed by atoms with E-state index in [4.69, 9.17) is 4.42 Å². The molecular formula is C60H39NO. The first-order valence-corrected chi connectivity index (χ1v) is 21.3. The lowest BCUT2D eigenvalue weighted by molar-refractivity contribution is 0.670. The van der Waals surface area contributed by atoms with Crippen molar-refractivity contribution in [2.24, 2.45) is 0 Å². The van der Waals surface area contributed by atoms with Crippen LogP contribution in [0, 0.1) is 0 Å². The summed E-state index contributed by atoms with van der Waals surface area (Å²) in [4.78, 5) is 2.44. The van der Waals surface area contributed by atoms with E-state index in [9.17, 15) is 0 Å². The lowest BCUT2D eigenvalue weighted by atomic mass is 9.90. The minimum atomic E-state index is 0.857. The second-order valence-electron chi connectivity index (χ2n) is 16.0. The molecule has 11 aromatic carbocycles. The van der Waals surface area contributed by atoms with Crippen molar-refractivity contribution < 1.29 is 4.42 Å². The average Bonchev–Trinajstić information content (AvgIpc) is 3.75. The van der Waals surface area contributed by atoms with Gasteiger partial charge < -0.3 is 9.32 Å². The highest BCUT2D eigenvalue weighted by atomic mass is 16.3. The van der Waals surface area contributed by atoms with E-state index in [0.717, 1.165) is 55.5 Å². The Labute approximate surface area is 360 Å². The third kappa shape index (κ3) is 5.88. The summed E-state index contributed by atoms with van der Waals surface area (Å²) in [6, 6.07) is 85.3. The summed E-state index contributed by atoms with van der Waals surface area (Å²) >= 11 is 0. The summed E-state index contributed by atoms with van der Waals surface area (Å²) in [5, 5.41) is 9.38. The molecule has 0 spiro atoms. The first-order chi connectivity index (χ1) is 30.8. The second-order valence-corrected chi connectivity index (χ2v) is 16.0. The van der Waals surface area contributed by atoms with Gasteiger partial charge in [0.2, 0.25) is 0 Å². The molecule has 1 heterocycles. The molecule has 62 heavy (non-hydrogen) atoms. The van der Waals surface area contributed by atoms with Crippen molar-refractivity contribution in [3.05, 3.63) is 237 Å². The number of benzene rings is 11. The van der Waals surface area contributed by atoms with E-state index in [1.165, 1.54) is 60.3 Å². The molecule has 12 rings (SSSR count). The van der Waals surface area contributed by atoms with Crippen LogP contribution in [0.25, 0.3) is 98.8 Å². The zero-order valence-corrected chi connectivity index (χ0v) is 33.9. The van der Waals surface area contributed by atoms with E-state index >= 15 is 0 Å². The molecule has 2 nitrogen and oxygen atoms in total. The van der Waals surface area contributed by atoms with Gasteiger partial charge >= 0.3 is 0 Å². The Balaban J connectivity index is 1.14. The first-order valence-electron chi connectivity index (χ1n) is 21.3. The molecule has 2 heteroatoms. The minimum Gasteiger partial charge on any atom is -0.455 e. The minimum absolute atomic E-state index is 0.857. The maximum Gasteiger partial charge on any atom is 0.145 e. The topological polar surface area (TPSA) is 16.4 Å². The number of hydrogen-bond acceptors (Lipinski definition) is 2. The summed E-state index contributed by atoms with van der Waals surface area (Å²) < 4.78 is 7.05. The van der Waals surface area contributed by atoms with E-state index in [1.54, 1.807) is 0 Å². The summed E-state index contributed by atoms with van der Waals surface area (Å²) in [6.07, 6.45) is 0. The Hall–Kier alpha value is -8.20. The lowest BCUT2D eigenvalue weighted by Gasteiger charge is -2.29. The van der Waals surface area contributed by atoms with Crippen molar-refractivity contribution >= 4 is 71.3 Å². The third-order valence-electron chi connectivity index (χ3n) is 12.5. The highest BCUT2D eigenvalue weighted by Gasteiger charge is 2.25. The number of rotatable bonds is 7. The summed E-state index contributed by atoms with van der Waals surface area (Å²) in [5.74, 6) is 0. The zero-order valence-electron chi connectivity index (χ0n) is 33.9. The zero-order chi connectivity index (χ0) is 41.0. The van der Waals surface area contributed by atoms with Crippen LogP contribution in [0.4, 0.5) is 17.1 Å². The van der Waals surface area contributed by atoms with E-state index in [2.05, 4.69) is 241 Å². The predicted octanol–water partition coefficient (Wildman–Crippen LogP) is 17.2. The standard InChI is InChI=1S/C60H39NO/c1-3-16-40(17-4-1)41-32-34-45(35-33-41)61(55-38-36-50(49-25-9-10-26-51(49)55)48-29-13-21-42-20-7-8-24-46(42)48)56-39-37-53(60-59(56)54-27-11-12-31-57(54)62-60)52-30-15-23-44-22-14-28-47(58(44)52)43-18-5-2-6-19-43/h1-39H. The van der Waals surface area contributed by atoms with Crippen molar-refractivity contribution in [3.8, 4) is 44.5 Å². The molecular weight excluding hydrogens is 751 g/mol. The van der Waals surface area contributed by atoms with Crippen LogP contribution < -0.4 is 4.90 Å². The van der Waals surface area contributed by atoms with Crippen LogP contribution in [-0.2, 0) is 0 Å². The van der Waals surface area contributed by atoms with Crippen LogP contribution in [0.2, 0.25) is 0 Å². The van der Waals surface area contributed by atoms with Crippen molar-refractivity contribution in [3.63, 3.8) is 0 Å². The Morgan fingerprint density at radius 3 is 1.58 bits per heavy atom. The maximum absolute atomic E-state index is 7.05. The average molecular weight is 790 g/mol. The van der Waals surface area contributed by atoms with Crippen LogP contribution in [-0.4, -0.2) is 0 Å². The molecule has 0 saturated heterocycles. The van der Waals surface area contributed by atoms with E-state index in [0.29, 0.717) is 0 Å². The number of anilines is 3. The molecule has 0 saturated carbocycles. The molecule has 0 aliphatic carbocycles. The monoisotopic (exact) mass is 789 g/mol. The van der Waals surface area contributed by atoms with Crippen molar-refractivity contribution in [2.45, 2.75) is 0 Å². The summed E-state index contributed by atoms with van der Waals surface area (Å²) in [7, 11) is 0. The van der Waals surface area contributed by atoms with Gasteiger partial charge in [-0.2, -0.15) is 0 Å². The molecule has 0 bridgehead atoms. The molecule has 1 aromatic heterocycles. The Bertz CT molecular complexity index is 3610. The van der Waals surface area contributed by atoms with Gasteiger partial charge in [-0.15, -0.1) is 0 Å². The van der Waals surface area contributed by atoms with Gasteiger partial charge in [0.15, 0.2) is 0 Å². The maximum atomic E-state index is 7.05. The van der Waals surface area contributed by atoms with E-state index in [1.807, 2.05) is 0 Å². The fourth-order valence-corrected chi connectivity index (χ4v) is 9.65. The van der Waals surface area contributed by atoms with Gasteiger partial charge in [0.1, 0.15) is 11.2 Å².